The molecule has 0 radical (unpaired) electrons. The molecule has 0 heterocycles. The van der Waals surface area contributed by atoms with Gasteiger partial charge in [0.15, 0.2) is 6.10 Å². The van der Waals surface area contributed by atoms with Gasteiger partial charge in [0.2, 0.25) is 0 Å². The normalized spacial score (nSPS) is 14.4. The average Bonchev–Trinajstić information content (AvgIpc) is 3.20. The van der Waals surface area contributed by atoms with Crippen LogP contribution in [-0.4, -0.2) is 59.9 Å². The number of hydrogen-bond donors (Lipinski definition) is 3. The van der Waals surface area contributed by atoms with Crippen LogP contribution in [0.5, 0.6) is 0 Å². The Bertz CT molecular complexity index is 1260. The van der Waals surface area contributed by atoms with Crippen molar-refractivity contribution in [2.75, 3.05) is 19.8 Å². The smallest absolute Gasteiger partial charge is 0.472 e. The fourth-order valence-electron chi connectivity index (χ4n) is 5.45. The number of carbonyl (C=O) groups is 3. The number of unbranched alkanes of at least 4 members (excludes halogenated alkanes) is 14. The van der Waals surface area contributed by atoms with Crippen LogP contribution in [0.3, 0.4) is 0 Å². The lowest BCUT2D eigenvalue weighted by atomic mass is 10.1. The second-order valence-corrected chi connectivity index (χ2v) is 15.9. The first-order valence-electron chi connectivity index (χ1n) is 22.0. The summed E-state index contributed by atoms with van der Waals surface area (Å²) in [5.74, 6) is -2.52. The van der Waals surface area contributed by atoms with E-state index in [9.17, 15) is 23.8 Å². The Hall–Kier alpha value is -3.08. The average molecular weight is 836 g/mol. The molecule has 0 aromatic rings. The summed E-state index contributed by atoms with van der Waals surface area (Å²) >= 11 is 0. The van der Waals surface area contributed by atoms with Crippen LogP contribution in [0.1, 0.15) is 168 Å². The monoisotopic (exact) mass is 836 g/mol. The highest BCUT2D eigenvalue weighted by Crippen LogP contribution is 2.43. The third-order valence-corrected chi connectivity index (χ3v) is 9.88. The molecular weight excluding hydrogens is 757 g/mol. The van der Waals surface area contributed by atoms with Gasteiger partial charge in [-0.1, -0.05) is 151 Å². The molecule has 11 nitrogen and oxygen atoms in total. The van der Waals surface area contributed by atoms with Gasteiger partial charge in [-0.15, -0.1) is 0 Å². The van der Waals surface area contributed by atoms with Crippen LogP contribution in [0, 0.1) is 0 Å². The van der Waals surface area contributed by atoms with Gasteiger partial charge in [-0.2, -0.15) is 0 Å². The summed E-state index contributed by atoms with van der Waals surface area (Å²) in [6.45, 7) is 2.67. The number of ether oxygens (including phenoxy) is 2. The lowest BCUT2D eigenvalue weighted by Gasteiger charge is -2.20. The zero-order chi connectivity index (χ0) is 42.8. The van der Waals surface area contributed by atoms with Crippen LogP contribution in [0.2, 0.25) is 0 Å². The van der Waals surface area contributed by atoms with Crippen LogP contribution in [0.4, 0.5) is 0 Å². The molecule has 0 aliphatic rings. The number of nitrogens with two attached hydrogens (primary N) is 1. The number of allylic oxidation sites excluding steroid dienone is 12. The largest absolute Gasteiger partial charge is 0.480 e. The van der Waals surface area contributed by atoms with Crippen LogP contribution in [0.15, 0.2) is 72.9 Å². The van der Waals surface area contributed by atoms with E-state index >= 15 is 0 Å². The zero-order valence-corrected chi connectivity index (χ0v) is 36.8. The minimum absolute atomic E-state index is 0.0734. The van der Waals surface area contributed by atoms with Crippen molar-refractivity contribution in [3.63, 3.8) is 0 Å². The fourth-order valence-corrected chi connectivity index (χ4v) is 6.23. The molecule has 58 heavy (non-hydrogen) atoms. The highest BCUT2D eigenvalue weighted by atomic mass is 31.2. The summed E-state index contributed by atoms with van der Waals surface area (Å²) in [5, 5.41) is 8.89. The van der Waals surface area contributed by atoms with Crippen molar-refractivity contribution in [3.05, 3.63) is 72.9 Å². The van der Waals surface area contributed by atoms with Crippen LogP contribution in [0.25, 0.3) is 0 Å². The number of phosphoric ester groups is 1. The van der Waals surface area contributed by atoms with E-state index in [0.717, 1.165) is 38.5 Å². The maximum Gasteiger partial charge on any atom is 0.472 e. The molecule has 3 atom stereocenters. The van der Waals surface area contributed by atoms with Gasteiger partial charge in [0.25, 0.3) is 0 Å². The molecule has 0 amide bonds. The van der Waals surface area contributed by atoms with Crippen LogP contribution in [-0.2, 0) is 37.5 Å². The quantitative estimate of drug-likeness (QED) is 0.0232. The van der Waals surface area contributed by atoms with Gasteiger partial charge in [-0.3, -0.25) is 23.4 Å². The van der Waals surface area contributed by atoms with Gasteiger partial charge in [0, 0.05) is 12.8 Å². The molecule has 0 spiro atoms. The first kappa shape index (κ1) is 54.9. The topological polar surface area (TPSA) is 172 Å². The van der Waals surface area contributed by atoms with Crippen molar-refractivity contribution < 1.29 is 47.5 Å². The van der Waals surface area contributed by atoms with E-state index in [4.69, 9.17) is 24.8 Å². The molecule has 0 aliphatic carbocycles. The number of esters is 2. The van der Waals surface area contributed by atoms with Gasteiger partial charge >= 0.3 is 25.7 Å². The second kappa shape index (κ2) is 40.7. The predicted molar refractivity (Wildman–Crippen MR) is 235 cm³/mol. The third-order valence-electron chi connectivity index (χ3n) is 8.93. The summed E-state index contributed by atoms with van der Waals surface area (Å²) in [4.78, 5) is 45.9. The number of hydrogen-bond acceptors (Lipinski definition) is 9. The molecule has 0 saturated carbocycles. The molecule has 4 N–H and O–H groups in total. The van der Waals surface area contributed by atoms with Crippen LogP contribution >= 0.6 is 7.82 Å². The van der Waals surface area contributed by atoms with E-state index in [-0.39, 0.29) is 12.8 Å². The molecule has 12 heteroatoms. The highest BCUT2D eigenvalue weighted by Gasteiger charge is 2.28. The molecule has 0 aromatic heterocycles. The Morgan fingerprint density at radius 3 is 1.40 bits per heavy atom. The van der Waals surface area contributed by atoms with E-state index in [1.165, 1.54) is 77.0 Å². The number of phosphoric acid groups is 1. The van der Waals surface area contributed by atoms with Gasteiger partial charge < -0.3 is 25.2 Å². The maximum atomic E-state index is 12.6. The fraction of sp³-hybridized carbons (Fsp3) is 0.674. The minimum Gasteiger partial charge on any atom is -0.480 e. The Kier molecular flexibility index (Phi) is 38.5. The Morgan fingerprint density at radius 1 is 0.534 bits per heavy atom. The summed E-state index contributed by atoms with van der Waals surface area (Å²) in [6, 6.07) is -1.54. The lowest BCUT2D eigenvalue weighted by molar-refractivity contribution is -0.161. The Morgan fingerprint density at radius 2 is 0.914 bits per heavy atom. The first-order chi connectivity index (χ1) is 28.1. The van der Waals surface area contributed by atoms with Gasteiger partial charge in [0.05, 0.1) is 13.2 Å². The van der Waals surface area contributed by atoms with Crippen molar-refractivity contribution >= 4 is 25.7 Å². The Labute approximate surface area is 350 Å². The van der Waals surface area contributed by atoms with Crippen molar-refractivity contribution in [1.82, 2.24) is 0 Å². The maximum absolute atomic E-state index is 12.6. The number of carboxylic acids is 1. The number of carbonyl (C=O) groups excluding carboxylic acids is 2. The van der Waals surface area contributed by atoms with Crippen molar-refractivity contribution in [1.29, 1.82) is 0 Å². The Balaban J connectivity index is 4.53. The summed E-state index contributed by atoms with van der Waals surface area (Å²) in [6.07, 6.45) is 48.4. The molecule has 0 aliphatic heterocycles. The minimum atomic E-state index is -4.74. The second-order valence-electron chi connectivity index (χ2n) is 14.5. The first-order valence-corrected chi connectivity index (χ1v) is 23.5. The molecule has 0 rings (SSSR count). The van der Waals surface area contributed by atoms with Crippen molar-refractivity contribution in [3.8, 4) is 0 Å². The van der Waals surface area contributed by atoms with Gasteiger partial charge in [-0.05, 0) is 77.0 Å². The molecule has 0 fully saturated rings. The van der Waals surface area contributed by atoms with Crippen LogP contribution < -0.4 is 5.73 Å². The number of aliphatic carboxylic acids is 1. The zero-order valence-electron chi connectivity index (χ0n) is 35.9. The van der Waals surface area contributed by atoms with Gasteiger partial charge in [0.1, 0.15) is 12.6 Å². The van der Waals surface area contributed by atoms with E-state index < -0.39 is 57.7 Å². The summed E-state index contributed by atoms with van der Waals surface area (Å²) in [5.41, 5.74) is 5.32. The third kappa shape index (κ3) is 39.7. The lowest BCUT2D eigenvalue weighted by Crippen LogP contribution is -2.34. The molecular formula is C46H78NO10P. The van der Waals surface area contributed by atoms with Crippen molar-refractivity contribution in [2.45, 2.75) is 180 Å². The standard InChI is InChI=1S/C46H78NO10P/c1-3-5-7-9-11-13-15-17-19-21-23-25-27-29-31-33-35-37-44(48)54-39-42(40-55-58(52,53)56-41-43(47)46(50)51)57-45(49)38-36-34-32-30-28-26-24-22-20-18-16-14-12-10-8-6-4-2/h12,14,18,20,23-26,29-32,42-43H,3-11,13,15-17,19,21-22,27-28,33-41,47H2,1-2H3,(H,50,51)(H,52,53)/b14-12+,20-18+,25-23+,26-24+,31-29+,32-30+/t42-,43+/m1/s1. The molecule has 0 aromatic carbocycles. The van der Waals surface area contributed by atoms with Gasteiger partial charge in [-0.25, -0.2) is 4.57 Å². The number of carboxylic acid groups (broad SMARTS) is 1. The molecule has 0 bridgehead atoms. The molecule has 332 valence electrons. The van der Waals surface area contributed by atoms with E-state index in [0.29, 0.717) is 25.7 Å². The molecule has 1 unspecified atom stereocenters. The van der Waals surface area contributed by atoms with E-state index in [1.807, 2.05) is 18.2 Å². The van der Waals surface area contributed by atoms with Crippen molar-refractivity contribution in [2.24, 2.45) is 5.73 Å². The van der Waals surface area contributed by atoms with E-state index in [1.54, 1.807) is 0 Å². The molecule has 0 saturated heterocycles. The predicted octanol–water partition coefficient (Wildman–Crippen LogP) is 11.7. The SMILES string of the molecule is CCCCC/C=C/C/C=C/C/C=C/C/C=C/CCCC(=O)O[C@H](COC(=O)CCC/C=C/C/C=C/CCCCCCCCCCC)COP(=O)(O)OC[C@H](N)C(=O)O. The van der Waals surface area contributed by atoms with E-state index in [2.05, 4.69) is 73.1 Å². The summed E-state index contributed by atoms with van der Waals surface area (Å²) in [7, 11) is -4.74. The summed E-state index contributed by atoms with van der Waals surface area (Å²) < 4.78 is 32.6. The number of rotatable bonds is 40. The highest BCUT2D eigenvalue weighted by molar-refractivity contribution is 7.47.